The second kappa shape index (κ2) is 8.44. The van der Waals surface area contributed by atoms with Crippen LogP contribution >= 0.6 is 12.2 Å². The predicted octanol–water partition coefficient (Wildman–Crippen LogP) is 3.99. The first kappa shape index (κ1) is 20.3. The van der Waals surface area contributed by atoms with E-state index in [2.05, 4.69) is 11.9 Å². The van der Waals surface area contributed by atoms with Gasteiger partial charge >= 0.3 is 0 Å². The summed E-state index contributed by atoms with van der Waals surface area (Å²) < 4.78 is 7.22. The van der Waals surface area contributed by atoms with Crippen molar-refractivity contribution in [3.8, 4) is 5.75 Å². The first-order chi connectivity index (χ1) is 14.5. The number of nitrogens with one attached hydrogen (secondary N) is 1. The minimum absolute atomic E-state index is 0.000897. The number of rotatable bonds is 4. The average Bonchev–Trinajstić information content (AvgIpc) is 2.76. The summed E-state index contributed by atoms with van der Waals surface area (Å²) in [5.74, 6) is 1.22. The minimum Gasteiger partial charge on any atom is -0.496 e. The van der Waals surface area contributed by atoms with Gasteiger partial charge in [0.25, 0.3) is 11.5 Å². The van der Waals surface area contributed by atoms with Gasteiger partial charge in [0.2, 0.25) is 0 Å². The molecule has 0 radical (unpaired) electrons. The smallest absolute Gasteiger partial charge is 0.262 e. The minimum atomic E-state index is -0.190. The molecule has 2 aromatic carbocycles. The third-order valence-electron chi connectivity index (χ3n) is 5.69. The average molecular weight is 424 g/mol. The summed E-state index contributed by atoms with van der Waals surface area (Å²) in [5, 5.41) is 0.502. The van der Waals surface area contributed by atoms with E-state index in [1.165, 1.54) is 4.57 Å². The molecule has 1 aliphatic rings. The first-order valence-corrected chi connectivity index (χ1v) is 10.6. The second-order valence-electron chi connectivity index (χ2n) is 7.89. The number of benzene rings is 2. The third kappa shape index (κ3) is 3.89. The maximum Gasteiger partial charge on any atom is 0.262 e. The van der Waals surface area contributed by atoms with Crippen molar-refractivity contribution >= 4 is 29.0 Å². The molecule has 0 saturated carbocycles. The van der Waals surface area contributed by atoms with Crippen LogP contribution in [-0.4, -0.2) is 40.6 Å². The van der Waals surface area contributed by atoms with E-state index < -0.39 is 0 Å². The van der Waals surface area contributed by atoms with Crippen molar-refractivity contribution in [3.63, 3.8) is 0 Å². The van der Waals surface area contributed by atoms with Gasteiger partial charge in [-0.15, -0.1) is 0 Å². The lowest BCUT2D eigenvalue weighted by atomic mass is 9.99. The molecule has 30 heavy (non-hydrogen) atoms. The van der Waals surface area contributed by atoms with E-state index in [9.17, 15) is 9.59 Å². The highest BCUT2D eigenvalue weighted by molar-refractivity contribution is 7.71. The lowest BCUT2D eigenvalue weighted by Crippen LogP contribution is -2.39. The molecule has 1 saturated heterocycles. The van der Waals surface area contributed by atoms with Crippen LogP contribution in [0.1, 0.15) is 35.7 Å². The SMILES string of the molecule is COc1ccccc1Cn1c(=S)[nH]c2cc(C(=O)N3CCC[C@H](C)C3)ccc2c1=O. The Morgan fingerprint density at radius 3 is 2.83 bits per heavy atom. The molecule has 1 fully saturated rings. The van der Waals surface area contributed by atoms with Crippen molar-refractivity contribution in [2.75, 3.05) is 20.2 Å². The summed E-state index contributed by atoms with van der Waals surface area (Å²) >= 11 is 5.47. The Balaban J connectivity index is 1.70. The van der Waals surface area contributed by atoms with Gasteiger partial charge in [-0.1, -0.05) is 25.1 Å². The topological polar surface area (TPSA) is 67.3 Å². The quantitative estimate of drug-likeness (QED) is 0.645. The molecule has 4 rings (SSSR count). The fraction of sp³-hybridized carbons (Fsp3) is 0.348. The molecule has 0 aliphatic carbocycles. The largest absolute Gasteiger partial charge is 0.496 e. The van der Waals surface area contributed by atoms with Crippen LogP contribution < -0.4 is 10.3 Å². The Bertz CT molecular complexity index is 1210. The van der Waals surface area contributed by atoms with E-state index in [4.69, 9.17) is 17.0 Å². The van der Waals surface area contributed by atoms with Crippen molar-refractivity contribution in [3.05, 3.63) is 68.7 Å². The molecule has 1 atom stereocenters. The molecule has 156 valence electrons. The molecule has 2 heterocycles. The number of amides is 1. The van der Waals surface area contributed by atoms with E-state index in [1.807, 2.05) is 29.2 Å². The van der Waals surface area contributed by atoms with Crippen LogP contribution in [0.4, 0.5) is 0 Å². The van der Waals surface area contributed by atoms with Crippen LogP contribution in [0.3, 0.4) is 0 Å². The molecule has 1 amide bonds. The number of H-pyrrole nitrogens is 1. The van der Waals surface area contributed by atoms with Crippen molar-refractivity contribution in [2.45, 2.75) is 26.3 Å². The van der Waals surface area contributed by atoms with Crippen molar-refractivity contribution in [2.24, 2.45) is 5.92 Å². The summed E-state index contributed by atoms with van der Waals surface area (Å²) in [6, 6.07) is 12.7. The molecule has 7 heteroatoms. The van der Waals surface area contributed by atoms with Crippen LogP contribution in [0.15, 0.2) is 47.3 Å². The molecule has 6 nitrogen and oxygen atoms in total. The Hall–Kier alpha value is -2.93. The first-order valence-electron chi connectivity index (χ1n) is 10.2. The maximum atomic E-state index is 13.1. The molecular formula is C23H25N3O3S. The number of carbonyl (C=O) groups excluding carboxylic acids is 1. The molecule has 0 unspecified atom stereocenters. The highest BCUT2D eigenvalue weighted by Crippen LogP contribution is 2.21. The van der Waals surface area contributed by atoms with Gasteiger partial charge in [0.1, 0.15) is 5.75 Å². The number of para-hydroxylation sites is 1. The van der Waals surface area contributed by atoms with Gasteiger partial charge in [-0.2, -0.15) is 0 Å². The third-order valence-corrected chi connectivity index (χ3v) is 6.02. The van der Waals surface area contributed by atoms with E-state index in [0.29, 0.717) is 39.4 Å². The summed E-state index contributed by atoms with van der Waals surface area (Å²) in [6.45, 7) is 4.02. The van der Waals surface area contributed by atoms with Crippen LogP contribution in [-0.2, 0) is 6.54 Å². The Morgan fingerprint density at radius 1 is 1.27 bits per heavy atom. The van der Waals surface area contributed by atoms with E-state index in [1.54, 1.807) is 25.3 Å². The lowest BCUT2D eigenvalue weighted by Gasteiger charge is -2.31. The number of methoxy groups -OCH3 is 1. The predicted molar refractivity (Wildman–Crippen MR) is 120 cm³/mol. The van der Waals surface area contributed by atoms with Crippen LogP contribution in [0.25, 0.3) is 10.9 Å². The number of hydrogen-bond acceptors (Lipinski definition) is 4. The van der Waals surface area contributed by atoms with Crippen molar-refractivity contribution < 1.29 is 9.53 Å². The van der Waals surface area contributed by atoms with Gasteiger partial charge in [0.05, 0.1) is 24.6 Å². The molecular weight excluding hydrogens is 398 g/mol. The Labute approximate surface area is 180 Å². The number of piperidine rings is 1. The summed E-state index contributed by atoms with van der Waals surface area (Å²) in [5.41, 5.74) is 1.83. The molecule has 1 aromatic heterocycles. The number of fused-ring (bicyclic) bond motifs is 1. The fourth-order valence-corrected chi connectivity index (χ4v) is 4.35. The van der Waals surface area contributed by atoms with Gasteiger partial charge in [0, 0.05) is 24.2 Å². The van der Waals surface area contributed by atoms with Crippen LogP contribution in [0.2, 0.25) is 0 Å². The van der Waals surface area contributed by atoms with Gasteiger partial charge < -0.3 is 14.6 Å². The van der Waals surface area contributed by atoms with E-state index >= 15 is 0 Å². The molecule has 0 spiro atoms. The van der Waals surface area contributed by atoms with Gasteiger partial charge in [-0.25, -0.2) is 0 Å². The number of hydrogen-bond donors (Lipinski definition) is 1. The summed E-state index contributed by atoms with van der Waals surface area (Å²) in [7, 11) is 1.60. The number of nitrogens with zero attached hydrogens (tertiary/aromatic N) is 2. The summed E-state index contributed by atoms with van der Waals surface area (Å²) in [6.07, 6.45) is 2.18. The fourth-order valence-electron chi connectivity index (χ4n) is 4.09. The van der Waals surface area contributed by atoms with Gasteiger partial charge in [-0.3, -0.25) is 14.2 Å². The Morgan fingerprint density at radius 2 is 2.07 bits per heavy atom. The number of likely N-dealkylation sites (tertiary alicyclic amines) is 1. The lowest BCUT2D eigenvalue weighted by molar-refractivity contribution is 0.0683. The van der Waals surface area contributed by atoms with Gasteiger partial charge in [-0.05, 0) is 55.2 Å². The standard InChI is InChI=1S/C23H25N3O3S/c1-15-6-5-11-25(13-15)21(27)16-9-10-18-19(12-16)24-23(30)26(22(18)28)14-17-7-3-4-8-20(17)29-2/h3-4,7-10,12,15H,5-6,11,13-14H2,1-2H3,(H,24,30)/t15-/m0/s1. The highest BCUT2D eigenvalue weighted by atomic mass is 32.1. The van der Waals surface area contributed by atoms with Crippen molar-refractivity contribution in [1.29, 1.82) is 0 Å². The summed E-state index contributed by atoms with van der Waals surface area (Å²) in [4.78, 5) is 31.1. The van der Waals surface area contributed by atoms with Crippen LogP contribution in [0, 0.1) is 10.7 Å². The van der Waals surface area contributed by atoms with Crippen molar-refractivity contribution in [1.82, 2.24) is 14.5 Å². The highest BCUT2D eigenvalue weighted by Gasteiger charge is 2.22. The van der Waals surface area contributed by atoms with Crippen LogP contribution in [0.5, 0.6) is 5.75 Å². The Kier molecular flexibility index (Phi) is 5.72. The second-order valence-corrected chi connectivity index (χ2v) is 8.28. The molecule has 0 bridgehead atoms. The monoisotopic (exact) mass is 423 g/mol. The molecule has 1 aliphatic heterocycles. The normalized spacial score (nSPS) is 16.6. The number of aromatic nitrogens is 2. The zero-order chi connectivity index (χ0) is 21.3. The zero-order valence-corrected chi connectivity index (χ0v) is 18.0. The molecule has 3 aromatic rings. The van der Waals surface area contributed by atoms with E-state index in [-0.39, 0.29) is 11.5 Å². The zero-order valence-electron chi connectivity index (χ0n) is 17.2. The number of ether oxygens (including phenoxy) is 1. The molecule has 1 N–H and O–H groups in total. The van der Waals surface area contributed by atoms with Gasteiger partial charge in [0.15, 0.2) is 4.77 Å². The number of aromatic amines is 1. The number of carbonyl (C=O) groups is 1. The maximum absolute atomic E-state index is 13.1. The van der Waals surface area contributed by atoms with E-state index in [0.717, 1.165) is 31.5 Å².